The molecule has 2 heterocycles. The Morgan fingerprint density at radius 3 is 2.95 bits per heavy atom. The van der Waals surface area contributed by atoms with E-state index in [1.807, 2.05) is 0 Å². The van der Waals surface area contributed by atoms with Gasteiger partial charge in [-0.3, -0.25) is 14.0 Å². The lowest BCUT2D eigenvalue weighted by atomic mass is 9.87. The first kappa shape index (κ1) is 14.2. The predicted octanol–water partition coefficient (Wildman–Crippen LogP) is 1.04. The minimum atomic E-state index is -0.423. The number of fused-ring (bicyclic) bond motifs is 1. The van der Waals surface area contributed by atoms with Crippen molar-refractivity contribution in [2.75, 3.05) is 13.2 Å². The van der Waals surface area contributed by atoms with Crippen LogP contribution in [0, 0.1) is 5.41 Å². The van der Waals surface area contributed by atoms with E-state index >= 15 is 0 Å². The number of aliphatic hydroxyl groups excluding tert-OH is 1. The second-order valence-electron chi connectivity index (χ2n) is 5.58. The van der Waals surface area contributed by atoms with Gasteiger partial charge in [0.25, 0.3) is 11.5 Å². The Bertz CT molecular complexity index is 716. The van der Waals surface area contributed by atoms with Crippen molar-refractivity contribution in [1.29, 1.82) is 0 Å². The number of carbonyl (C=O) groups is 1. The molecule has 3 rings (SSSR count). The summed E-state index contributed by atoms with van der Waals surface area (Å²) in [7, 11) is 0. The van der Waals surface area contributed by atoms with Gasteiger partial charge in [0.1, 0.15) is 5.56 Å². The van der Waals surface area contributed by atoms with Crippen LogP contribution in [0.3, 0.4) is 0 Å². The third-order valence-corrected chi connectivity index (χ3v) is 4.98. The van der Waals surface area contributed by atoms with Gasteiger partial charge in [0, 0.05) is 29.7 Å². The van der Waals surface area contributed by atoms with E-state index < -0.39 is 5.91 Å². The quantitative estimate of drug-likeness (QED) is 0.884. The second kappa shape index (κ2) is 5.57. The van der Waals surface area contributed by atoms with Crippen molar-refractivity contribution >= 4 is 22.2 Å². The number of nitrogens with zero attached hydrogens (tertiary/aromatic N) is 2. The van der Waals surface area contributed by atoms with E-state index in [-0.39, 0.29) is 23.1 Å². The summed E-state index contributed by atoms with van der Waals surface area (Å²) >= 11 is 1.35. The molecule has 1 saturated carbocycles. The van der Waals surface area contributed by atoms with Gasteiger partial charge in [-0.1, -0.05) is 12.8 Å². The Labute approximate surface area is 125 Å². The average molecular weight is 307 g/mol. The van der Waals surface area contributed by atoms with Crippen LogP contribution >= 0.6 is 11.3 Å². The maximum absolute atomic E-state index is 12.2. The van der Waals surface area contributed by atoms with Gasteiger partial charge in [0.2, 0.25) is 0 Å². The third-order valence-electron chi connectivity index (χ3n) is 4.21. The summed E-state index contributed by atoms with van der Waals surface area (Å²) in [5, 5.41) is 14.1. The Morgan fingerprint density at radius 2 is 2.24 bits per heavy atom. The molecular weight excluding hydrogens is 290 g/mol. The van der Waals surface area contributed by atoms with Crippen molar-refractivity contribution in [3.8, 4) is 0 Å². The molecule has 6 nitrogen and oxygen atoms in total. The smallest absolute Gasteiger partial charge is 0.271 e. The van der Waals surface area contributed by atoms with Gasteiger partial charge in [0.15, 0.2) is 4.96 Å². The largest absolute Gasteiger partial charge is 0.396 e. The van der Waals surface area contributed by atoms with E-state index in [2.05, 4.69) is 10.3 Å². The first-order valence-electron chi connectivity index (χ1n) is 6.99. The predicted molar refractivity (Wildman–Crippen MR) is 79.7 cm³/mol. The molecule has 0 saturated heterocycles. The monoisotopic (exact) mass is 307 g/mol. The van der Waals surface area contributed by atoms with Crippen molar-refractivity contribution in [3.05, 3.63) is 33.7 Å². The Hall–Kier alpha value is -1.73. The highest BCUT2D eigenvalue weighted by Gasteiger charge is 2.33. The van der Waals surface area contributed by atoms with Crippen molar-refractivity contribution in [2.45, 2.75) is 25.7 Å². The van der Waals surface area contributed by atoms with Gasteiger partial charge in [-0.05, 0) is 12.8 Å². The summed E-state index contributed by atoms with van der Waals surface area (Å²) in [5.41, 5.74) is -0.550. The summed E-state index contributed by atoms with van der Waals surface area (Å²) in [6.45, 7) is 0.461. The molecule has 1 aliphatic carbocycles. The normalized spacial score (nSPS) is 17.2. The van der Waals surface area contributed by atoms with Crippen LogP contribution in [-0.4, -0.2) is 33.6 Å². The first-order valence-corrected chi connectivity index (χ1v) is 7.87. The van der Waals surface area contributed by atoms with Crippen LogP contribution in [0.2, 0.25) is 0 Å². The second-order valence-corrected chi connectivity index (χ2v) is 6.45. The highest BCUT2D eigenvalue weighted by Crippen LogP contribution is 2.36. The molecular formula is C14H17N3O3S. The molecule has 2 aromatic rings. The van der Waals surface area contributed by atoms with E-state index in [4.69, 9.17) is 0 Å². The van der Waals surface area contributed by atoms with Crippen LogP contribution in [0.5, 0.6) is 0 Å². The Kier molecular flexibility index (Phi) is 3.77. The van der Waals surface area contributed by atoms with Crippen molar-refractivity contribution in [3.63, 3.8) is 0 Å². The van der Waals surface area contributed by atoms with Gasteiger partial charge >= 0.3 is 0 Å². The summed E-state index contributed by atoms with van der Waals surface area (Å²) in [4.78, 5) is 29.1. The maximum Gasteiger partial charge on any atom is 0.271 e. The van der Waals surface area contributed by atoms with E-state index in [1.165, 1.54) is 21.9 Å². The molecule has 0 unspecified atom stereocenters. The number of aromatic nitrogens is 2. The average Bonchev–Trinajstić information content (AvgIpc) is 3.15. The third kappa shape index (κ3) is 2.58. The number of aliphatic hydroxyl groups is 1. The molecule has 0 radical (unpaired) electrons. The van der Waals surface area contributed by atoms with Crippen LogP contribution in [0.1, 0.15) is 36.0 Å². The fraction of sp³-hybridized carbons (Fsp3) is 0.500. The van der Waals surface area contributed by atoms with Crippen LogP contribution < -0.4 is 10.9 Å². The van der Waals surface area contributed by atoms with Gasteiger partial charge in [-0.2, -0.15) is 0 Å². The molecule has 21 heavy (non-hydrogen) atoms. The Morgan fingerprint density at radius 1 is 1.48 bits per heavy atom. The summed E-state index contributed by atoms with van der Waals surface area (Å²) in [6.07, 6.45) is 6.89. The number of nitrogens with one attached hydrogen (secondary N) is 1. The maximum atomic E-state index is 12.2. The van der Waals surface area contributed by atoms with E-state index in [0.29, 0.717) is 11.5 Å². The van der Waals surface area contributed by atoms with Gasteiger partial charge < -0.3 is 10.4 Å². The van der Waals surface area contributed by atoms with Crippen molar-refractivity contribution in [2.24, 2.45) is 5.41 Å². The molecule has 2 aromatic heterocycles. The van der Waals surface area contributed by atoms with Crippen LogP contribution in [0.25, 0.3) is 4.96 Å². The topological polar surface area (TPSA) is 83.7 Å². The highest BCUT2D eigenvalue weighted by molar-refractivity contribution is 7.15. The summed E-state index contributed by atoms with van der Waals surface area (Å²) in [5.74, 6) is -0.423. The lowest BCUT2D eigenvalue weighted by Crippen LogP contribution is -2.40. The minimum absolute atomic E-state index is 0.0389. The van der Waals surface area contributed by atoms with E-state index in [0.717, 1.165) is 25.7 Å². The molecule has 1 fully saturated rings. The molecule has 112 valence electrons. The van der Waals surface area contributed by atoms with Gasteiger partial charge in [-0.15, -0.1) is 11.3 Å². The number of hydrogen-bond acceptors (Lipinski definition) is 5. The number of thiazole rings is 1. The molecule has 1 amide bonds. The fourth-order valence-corrected chi connectivity index (χ4v) is 3.53. The fourth-order valence-electron chi connectivity index (χ4n) is 2.86. The molecule has 0 aromatic carbocycles. The van der Waals surface area contributed by atoms with E-state index in [9.17, 15) is 14.7 Å². The van der Waals surface area contributed by atoms with Crippen LogP contribution in [0.15, 0.2) is 22.6 Å². The molecule has 2 N–H and O–H groups in total. The van der Waals surface area contributed by atoms with Crippen molar-refractivity contribution < 1.29 is 9.90 Å². The molecule has 0 aliphatic heterocycles. The SMILES string of the molecule is O=C(NCC1(CO)CCCC1)c1cnc2sccn2c1=O. The van der Waals surface area contributed by atoms with Crippen LogP contribution in [0.4, 0.5) is 0 Å². The lowest BCUT2D eigenvalue weighted by Gasteiger charge is -2.26. The van der Waals surface area contributed by atoms with Gasteiger partial charge in [0.05, 0.1) is 6.61 Å². The summed E-state index contributed by atoms with van der Waals surface area (Å²) < 4.78 is 1.37. The van der Waals surface area contributed by atoms with E-state index in [1.54, 1.807) is 11.6 Å². The van der Waals surface area contributed by atoms with Crippen LogP contribution in [-0.2, 0) is 0 Å². The molecule has 0 bridgehead atoms. The standard InChI is InChI=1S/C14H17N3O3S/c18-9-14(3-1-2-4-14)8-16-11(19)10-7-15-13-17(12(10)20)5-6-21-13/h5-7,18H,1-4,8-9H2,(H,16,19). The highest BCUT2D eigenvalue weighted by atomic mass is 32.1. The number of rotatable bonds is 4. The molecule has 7 heteroatoms. The molecule has 1 aliphatic rings. The number of hydrogen-bond donors (Lipinski definition) is 2. The zero-order valence-corrected chi connectivity index (χ0v) is 12.4. The Balaban J connectivity index is 1.78. The van der Waals surface area contributed by atoms with Crippen molar-refractivity contribution in [1.82, 2.24) is 14.7 Å². The number of amides is 1. The number of carbonyl (C=O) groups excluding carboxylic acids is 1. The first-order chi connectivity index (χ1) is 10.2. The van der Waals surface area contributed by atoms with Gasteiger partial charge in [-0.25, -0.2) is 4.98 Å². The molecule has 0 atom stereocenters. The summed E-state index contributed by atoms with van der Waals surface area (Å²) in [6, 6.07) is 0. The lowest BCUT2D eigenvalue weighted by molar-refractivity contribution is 0.0879. The zero-order chi connectivity index (χ0) is 14.9. The minimum Gasteiger partial charge on any atom is -0.396 e. The molecule has 0 spiro atoms. The zero-order valence-electron chi connectivity index (χ0n) is 11.5.